The van der Waals surface area contributed by atoms with Crippen molar-refractivity contribution in [1.29, 1.82) is 0 Å². The highest BCUT2D eigenvalue weighted by Crippen LogP contribution is 2.36. The molecule has 0 radical (unpaired) electrons. The maximum absolute atomic E-state index is 14.1. The highest BCUT2D eigenvalue weighted by molar-refractivity contribution is 6.33. The third-order valence-electron chi connectivity index (χ3n) is 2.81. The van der Waals surface area contributed by atoms with Crippen molar-refractivity contribution in [2.24, 2.45) is 0 Å². The molecule has 0 amide bonds. The van der Waals surface area contributed by atoms with E-state index in [1.807, 2.05) is 19.1 Å². The molecular weight excluding hydrogens is 269 g/mol. The minimum absolute atomic E-state index is 0.119. The first-order chi connectivity index (χ1) is 8.90. The third-order valence-corrected chi connectivity index (χ3v) is 3.19. The summed E-state index contributed by atoms with van der Waals surface area (Å²) in [6, 6.07) is 5.13. The van der Waals surface area contributed by atoms with E-state index in [4.69, 9.17) is 27.5 Å². The van der Waals surface area contributed by atoms with E-state index in [9.17, 15) is 4.39 Å². The van der Waals surface area contributed by atoms with Gasteiger partial charge >= 0.3 is 0 Å². The van der Waals surface area contributed by atoms with Crippen LogP contribution in [0.3, 0.4) is 0 Å². The molecule has 0 fully saturated rings. The van der Waals surface area contributed by atoms with Gasteiger partial charge in [-0.05, 0) is 25.1 Å². The molecule has 2 rings (SSSR count). The van der Waals surface area contributed by atoms with Crippen molar-refractivity contribution in [3.63, 3.8) is 0 Å². The molecule has 0 atom stereocenters. The first-order valence-electron chi connectivity index (χ1n) is 5.69. The SMILES string of the molecule is Cc1ccc(CN(C)c2c(N)cc(N)c(Cl)c2F)o1. The lowest BCUT2D eigenvalue weighted by Gasteiger charge is -2.21. The van der Waals surface area contributed by atoms with E-state index in [0.29, 0.717) is 12.3 Å². The van der Waals surface area contributed by atoms with E-state index in [0.717, 1.165) is 5.76 Å². The Morgan fingerprint density at radius 1 is 1.32 bits per heavy atom. The number of halogens is 2. The van der Waals surface area contributed by atoms with Crippen LogP contribution in [-0.4, -0.2) is 7.05 Å². The number of nitrogen functional groups attached to an aromatic ring is 2. The Morgan fingerprint density at radius 2 is 2.00 bits per heavy atom. The van der Waals surface area contributed by atoms with Crippen LogP contribution in [0.2, 0.25) is 5.02 Å². The molecule has 4 N–H and O–H groups in total. The van der Waals surface area contributed by atoms with Crippen molar-refractivity contribution in [2.75, 3.05) is 23.4 Å². The van der Waals surface area contributed by atoms with Gasteiger partial charge in [0.25, 0.3) is 0 Å². The van der Waals surface area contributed by atoms with Crippen LogP contribution < -0.4 is 16.4 Å². The zero-order valence-electron chi connectivity index (χ0n) is 10.7. The van der Waals surface area contributed by atoms with Crippen molar-refractivity contribution in [1.82, 2.24) is 0 Å². The minimum Gasteiger partial charge on any atom is -0.464 e. The molecule has 0 aliphatic carbocycles. The lowest BCUT2D eigenvalue weighted by molar-refractivity contribution is 0.480. The molecule has 0 aliphatic heterocycles. The average molecular weight is 284 g/mol. The molecule has 1 aromatic carbocycles. The number of furan rings is 1. The molecule has 0 saturated heterocycles. The van der Waals surface area contributed by atoms with E-state index >= 15 is 0 Å². The first kappa shape index (κ1) is 13.5. The van der Waals surface area contributed by atoms with E-state index in [1.165, 1.54) is 6.07 Å². The largest absolute Gasteiger partial charge is 0.464 e. The van der Waals surface area contributed by atoms with Crippen molar-refractivity contribution in [3.05, 3.63) is 40.6 Å². The maximum Gasteiger partial charge on any atom is 0.169 e. The second-order valence-corrected chi connectivity index (χ2v) is 4.78. The van der Waals surface area contributed by atoms with Gasteiger partial charge in [-0.1, -0.05) is 11.6 Å². The van der Waals surface area contributed by atoms with E-state index < -0.39 is 5.82 Å². The Balaban J connectivity index is 2.33. The molecule has 2 aromatic rings. The molecular formula is C13H15ClFN3O. The zero-order chi connectivity index (χ0) is 14.2. The summed E-state index contributed by atoms with van der Waals surface area (Å²) in [6.07, 6.45) is 0. The summed E-state index contributed by atoms with van der Waals surface area (Å²) in [5.41, 5.74) is 11.9. The van der Waals surface area contributed by atoms with Crippen LogP contribution in [0.15, 0.2) is 22.6 Å². The molecule has 6 heteroatoms. The fourth-order valence-electron chi connectivity index (χ4n) is 1.93. The molecule has 0 saturated carbocycles. The number of hydrogen-bond acceptors (Lipinski definition) is 4. The van der Waals surface area contributed by atoms with Crippen molar-refractivity contribution in [3.8, 4) is 0 Å². The minimum atomic E-state index is -0.620. The summed E-state index contributed by atoms with van der Waals surface area (Å²) in [6.45, 7) is 2.23. The molecule has 19 heavy (non-hydrogen) atoms. The topological polar surface area (TPSA) is 68.4 Å². The van der Waals surface area contributed by atoms with Gasteiger partial charge in [-0.2, -0.15) is 0 Å². The molecule has 1 aromatic heterocycles. The lowest BCUT2D eigenvalue weighted by atomic mass is 10.2. The summed E-state index contributed by atoms with van der Waals surface area (Å²) in [7, 11) is 1.71. The molecule has 0 aliphatic rings. The summed E-state index contributed by atoms with van der Waals surface area (Å²) >= 11 is 5.80. The number of aryl methyl sites for hydroxylation is 1. The summed E-state index contributed by atoms with van der Waals surface area (Å²) in [5, 5.41) is -0.119. The Bertz CT molecular complexity index is 612. The smallest absolute Gasteiger partial charge is 0.169 e. The number of anilines is 3. The second-order valence-electron chi connectivity index (χ2n) is 4.40. The number of nitrogens with two attached hydrogens (primary N) is 2. The molecule has 0 bridgehead atoms. The molecule has 102 valence electrons. The van der Waals surface area contributed by atoms with Crippen LogP contribution >= 0.6 is 11.6 Å². The Kier molecular flexibility index (Phi) is 3.57. The third kappa shape index (κ3) is 2.61. The first-order valence-corrected chi connectivity index (χ1v) is 6.07. The van der Waals surface area contributed by atoms with Gasteiger partial charge < -0.3 is 20.8 Å². The fraction of sp³-hybridized carbons (Fsp3) is 0.231. The van der Waals surface area contributed by atoms with Crippen LogP contribution in [-0.2, 0) is 6.54 Å². The van der Waals surface area contributed by atoms with Crippen molar-refractivity contribution < 1.29 is 8.81 Å². The lowest BCUT2D eigenvalue weighted by Crippen LogP contribution is -2.19. The predicted octanol–water partition coefficient (Wildman–Crippen LogP) is 3.18. The van der Waals surface area contributed by atoms with E-state index in [1.54, 1.807) is 11.9 Å². The Hall–Kier alpha value is -1.88. The second kappa shape index (κ2) is 5.01. The maximum atomic E-state index is 14.1. The highest BCUT2D eigenvalue weighted by Gasteiger charge is 2.18. The molecule has 4 nitrogen and oxygen atoms in total. The highest BCUT2D eigenvalue weighted by atomic mass is 35.5. The number of hydrogen-bond donors (Lipinski definition) is 2. The average Bonchev–Trinajstić information content (AvgIpc) is 2.72. The number of rotatable bonds is 3. The normalized spacial score (nSPS) is 10.7. The van der Waals surface area contributed by atoms with Crippen LogP contribution in [0.25, 0.3) is 0 Å². The monoisotopic (exact) mass is 283 g/mol. The van der Waals surface area contributed by atoms with Crippen LogP contribution in [0.4, 0.5) is 21.5 Å². The Morgan fingerprint density at radius 3 is 2.58 bits per heavy atom. The summed E-state index contributed by atoms with van der Waals surface area (Å²) < 4.78 is 19.6. The summed E-state index contributed by atoms with van der Waals surface area (Å²) in [5.74, 6) is 0.892. The predicted molar refractivity (Wildman–Crippen MR) is 75.8 cm³/mol. The van der Waals surface area contributed by atoms with Gasteiger partial charge in [0.2, 0.25) is 0 Å². The number of nitrogens with zero attached hydrogens (tertiary/aromatic N) is 1. The molecule has 1 heterocycles. The quantitative estimate of drug-likeness (QED) is 0.849. The zero-order valence-corrected chi connectivity index (χ0v) is 11.5. The van der Waals surface area contributed by atoms with Gasteiger partial charge in [0.15, 0.2) is 5.82 Å². The van der Waals surface area contributed by atoms with Crippen molar-refractivity contribution >= 4 is 28.7 Å². The van der Waals surface area contributed by atoms with E-state index in [2.05, 4.69) is 0 Å². The van der Waals surface area contributed by atoms with Crippen LogP contribution in [0.1, 0.15) is 11.5 Å². The van der Waals surface area contributed by atoms with Crippen LogP contribution in [0, 0.1) is 12.7 Å². The van der Waals surface area contributed by atoms with Gasteiger partial charge in [-0.15, -0.1) is 0 Å². The number of benzene rings is 1. The van der Waals surface area contributed by atoms with Crippen LogP contribution in [0.5, 0.6) is 0 Å². The molecule has 0 spiro atoms. The van der Waals surface area contributed by atoms with Gasteiger partial charge in [0, 0.05) is 7.05 Å². The van der Waals surface area contributed by atoms with Gasteiger partial charge in [0.05, 0.1) is 23.6 Å². The van der Waals surface area contributed by atoms with Crippen molar-refractivity contribution in [2.45, 2.75) is 13.5 Å². The summed E-state index contributed by atoms with van der Waals surface area (Å²) in [4.78, 5) is 1.63. The fourth-order valence-corrected chi connectivity index (χ4v) is 2.07. The van der Waals surface area contributed by atoms with Gasteiger partial charge in [0.1, 0.15) is 16.5 Å². The Labute approximate surface area is 115 Å². The standard InChI is InChI=1S/C13H15ClFN3O/c1-7-3-4-8(19-7)6-18(2)13-10(17)5-9(16)11(14)12(13)15/h3-5H,6,16-17H2,1-2H3. The van der Waals surface area contributed by atoms with Gasteiger partial charge in [-0.3, -0.25) is 0 Å². The van der Waals surface area contributed by atoms with E-state index in [-0.39, 0.29) is 22.1 Å². The molecule has 0 unspecified atom stereocenters. The van der Waals surface area contributed by atoms with Gasteiger partial charge in [-0.25, -0.2) is 4.39 Å².